The van der Waals surface area contributed by atoms with Crippen LogP contribution in [0.1, 0.15) is 37.7 Å². The van der Waals surface area contributed by atoms with E-state index in [0.29, 0.717) is 17.2 Å². The molecule has 0 bridgehead atoms. The van der Waals surface area contributed by atoms with E-state index in [9.17, 15) is 4.79 Å². The van der Waals surface area contributed by atoms with E-state index in [4.69, 9.17) is 10.00 Å². The Hall–Kier alpha value is -2.02. The molecule has 1 aromatic carbocycles. The van der Waals surface area contributed by atoms with Gasteiger partial charge in [-0.3, -0.25) is 4.79 Å². The molecule has 0 aromatic heterocycles. The molecule has 1 fully saturated rings. The van der Waals surface area contributed by atoms with Crippen LogP contribution in [0, 0.1) is 17.2 Å². The summed E-state index contributed by atoms with van der Waals surface area (Å²) in [6.45, 7) is 0.880. The van der Waals surface area contributed by atoms with Gasteiger partial charge >= 0.3 is 0 Å². The number of likely N-dealkylation sites (N-methyl/N-ethyl adjacent to an activating group) is 1. The van der Waals surface area contributed by atoms with Crippen LogP contribution < -0.4 is 4.74 Å². The second-order valence-corrected chi connectivity index (χ2v) is 5.70. The summed E-state index contributed by atoms with van der Waals surface area (Å²) in [7, 11) is 1.85. The number of nitrogens with zero attached hydrogens (tertiary/aromatic N) is 2. The number of nitriles is 1. The first kappa shape index (κ1) is 15.4. The van der Waals surface area contributed by atoms with Crippen LogP contribution in [0.2, 0.25) is 0 Å². The van der Waals surface area contributed by atoms with E-state index in [0.717, 1.165) is 6.54 Å². The molecule has 0 spiro atoms. The average Bonchev–Trinajstić information content (AvgIpc) is 2.54. The minimum absolute atomic E-state index is 0.00457. The molecule has 0 atom stereocenters. The van der Waals surface area contributed by atoms with Gasteiger partial charge in [0.05, 0.1) is 11.6 Å². The summed E-state index contributed by atoms with van der Waals surface area (Å²) >= 11 is 0. The van der Waals surface area contributed by atoms with Crippen molar-refractivity contribution in [2.45, 2.75) is 32.1 Å². The highest BCUT2D eigenvalue weighted by Crippen LogP contribution is 2.24. The fourth-order valence-electron chi connectivity index (χ4n) is 2.74. The molecule has 0 heterocycles. The summed E-state index contributed by atoms with van der Waals surface area (Å²) in [5.74, 6) is 1.26. The second-order valence-electron chi connectivity index (χ2n) is 5.70. The Bertz CT molecular complexity index is 499. The van der Waals surface area contributed by atoms with E-state index >= 15 is 0 Å². The van der Waals surface area contributed by atoms with Gasteiger partial charge in [0.15, 0.2) is 6.61 Å². The molecule has 1 aromatic rings. The van der Waals surface area contributed by atoms with Gasteiger partial charge in [-0.25, -0.2) is 0 Å². The molecule has 112 valence electrons. The molecule has 1 aliphatic rings. The van der Waals surface area contributed by atoms with Crippen LogP contribution in [0.4, 0.5) is 0 Å². The van der Waals surface area contributed by atoms with Gasteiger partial charge < -0.3 is 9.64 Å². The third-order valence-electron chi connectivity index (χ3n) is 4.03. The number of hydrogen-bond donors (Lipinski definition) is 0. The first-order valence-corrected chi connectivity index (χ1v) is 7.56. The summed E-state index contributed by atoms with van der Waals surface area (Å²) < 4.78 is 5.48. The van der Waals surface area contributed by atoms with Gasteiger partial charge in [0.2, 0.25) is 0 Å². The molecule has 0 radical (unpaired) electrons. The van der Waals surface area contributed by atoms with Crippen molar-refractivity contribution < 1.29 is 9.53 Å². The van der Waals surface area contributed by atoms with Crippen LogP contribution in [0.25, 0.3) is 0 Å². The Labute approximate surface area is 126 Å². The minimum atomic E-state index is 0.00457. The minimum Gasteiger partial charge on any atom is -0.484 e. The Kier molecular flexibility index (Phi) is 5.62. The lowest BCUT2D eigenvalue weighted by Gasteiger charge is -2.27. The van der Waals surface area contributed by atoms with Crippen molar-refractivity contribution in [3.05, 3.63) is 29.8 Å². The van der Waals surface area contributed by atoms with E-state index in [1.54, 1.807) is 29.2 Å². The topological polar surface area (TPSA) is 53.3 Å². The van der Waals surface area contributed by atoms with Gasteiger partial charge in [0.1, 0.15) is 5.75 Å². The van der Waals surface area contributed by atoms with Gasteiger partial charge in [0, 0.05) is 13.6 Å². The highest BCUT2D eigenvalue weighted by molar-refractivity contribution is 5.77. The predicted molar refractivity (Wildman–Crippen MR) is 80.9 cm³/mol. The van der Waals surface area contributed by atoms with Crippen molar-refractivity contribution in [1.29, 1.82) is 5.26 Å². The van der Waals surface area contributed by atoms with Gasteiger partial charge in [0.25, 0.3) is 5.91 Å². The molecule has 0 N–H and O–H groups in total. The SMILES string of the molecule is CN(CC1CCCCC1)C(=O)COc1ccc(C#N)cc1. The highest BCUT2D eigenvalue weighted by Gasteiger charge is 2.18. The van der Waals surface area contributed by atoms with Crippen molar-refractivity contribution in [2.24, 2.45) is 5.92 Å². The summed E-state index contributed by atoms with van der Waals surface area (Å²) in [6.07, 6.45) is 6.36. The largest absolute Gasteiger partial charge is 0.484 e. The number of amides is 1. The summed E-state index contributed by atoms with van der Waals surface area (Å²) in [5.41, 5.74) is 0.586. The van der Waals surface area contributed by atoms with Crippen molar-refractivity contribution >= 4 is 5.91 Å². The van der Waals surface area contributed by atoms with Gasteiger partial charge in [-0.1, -0.05) is 19.3 Å². The maximum absolute atomic E-state index is 12.1. The van der Waals surface area contributed by atoms with Gasteiger partial charge in [-0.2, -0.15) is 5.26 Å². The van der Waals surface area contributed by atoms with Crippen molar-refractivity contribution in [2.75, 3.05) is 20.2 Å². The second kappa shape index (κ2) is 7.68. The fourth-order valence-corrected chi connectivity index (χ4v) is 2.74. The molecular weight excluding hydrogens is 264 g/mol. The molecule has 1 saturated carbocycles. The molecule has 0 unspecified atom stereocenters. The Balaban J connectivity index is 1.76. The number of rotatable bonds is 5. The van der Waals surface area contributed by atoms with Crippen molar-refractivity contribution in [1.82, 2.24) is 4.90 Å². The van der Waals surface area contributed by atoms with Crippen LogP contribution >= 0.6 is 0 Å². The van der Waals surface area contributed by atoms with Crippen LogP contribution in [-0.4, -0.2) is 31.0 Å². The molecular formula is C17H22N2O2. The quantitative estimate of drug-likeness (QED) is 0.836. The van der Waals surface area contributed by atoms with E-state index < -0.39 is 0 Å². The fraction of sp³-hybridized carbons (Fsp3) is 0.529. The van der Waals surface area contributed by atoms with Gasteiger partial charge in [-0.15, -0.1) is 0 Å². The van der Waals surface area contributed by atoms with Crippen LogP contribution in [0.3, 0.4) is 0 Å². The molecule has 4 heteroatoms. The molecule has 2 rings (SSSR count). The van der Waals surface area contributed by atoms with E-state index in [1.165, 1.54) is 32.1 Å². The summed E-state index contributed by atoms with van der Waals surface area (Å²) in [5, 5.41) is 8.72. The first-order chi connectivity index (χ1) is 10.2. The molecule has 1 amide bonds. The Morgan fingerprint density at radius 1 is 1.29 bits per heavy atom. The van der Waals surface area contributed by atoms with Crippen LogP contribution in [0.15, 0.2) is 24.3 Å². The molecule has 0 aliphatic heterocycles. The zero-order valence-electron chi connectivity index (χ0n) is 12.5. The van der Waals surface area contributed by atoms with E-state index in [2.05, 4.69) is 6.07 Å². The van der Waals surface area contributed by atoms with E-state index in [-0.39, 0.29) is 12.5 Å². The standard InChI is InChI=1S/C17H22N2O2/c1-19(12-15-5-3-2-4-6-15)17(20)13-21-16-9-7-14(11-18)8-10-16/h7-10,15H,2-6,12-13H2,1H3. The number of carbonyl (C=O) groups is 1. The molecule has 21 heavy (non-hydrogen) atoms. The normalized spacial score (nSPS) is 15.2. The number of ether oxygens (including phenoxy) is 1. The molecule has 1 aliphatic carbocycles. The lowest BCUT2D eigenvalue weighted by atomic mass is 9.89. The lowest BCUT2D eigenvalue weighted by molar-refractivity contribution is -0.132. The summed E-state index contributed by atoms with van der Waals surface area (Å²) in [4.78, 5) is 13.8. The van der Waals surface area contributed by atoms with Crippen LogP contribution in [-0.2, 0) is 4.79 Å². The molecule has 0 saturated heterocycles. The maximum atomic E-state index is 12.1. The molecule has 4 nitrogen and oxygen atoms in total. The lowest BCUT2D eigenvalue weighted by Crippen LogP contribution is -2.35. The predicted octanol–water partition coefficient (Wildman–Crippen LogP) is 2.98. The number of carbonyl (C=O) groups excluding carboxylic acids is 1. The number of hydrogen-bond acceptors (Lipinski definition) is 3. The zero-order chi connectivity index (χ0) is 15.1. The highest BCUT2D eigenvalue weighted by atomic mass is 16.5. The smallest absolute Gasteiger partial charge is 0.260 e. The van der Waals surface area contributed by atoms with Crippen LogP contribution in [0.5, 0.6) is 5.75 Å². The van der Waals surface area contributed by atoms with Crippen molar-refractivity contribution in [3.63, 3.8) is 0 Å². The average molecular weight is 286 g/mol. The number of benzene rings is 1. The van der Waals surface area contributed by atoms with Gasteiger partial charge in [-0.05, 0) is 43.0 Å². The third-order valence-corrected chi connectivity index (χ3v) is 4.03. The Morgan fingerprint density at radius 2 is 1.95 bits per heavy atom. The monoisotopic (exact) mass is 286 g/mol. The van der Waals surface area contributed by atoms with E-state index in [1.807, 2.05) is 7.05 Å². The summed E-state index contributed by atoms with van der Waals surface area (Å²) in [6, 6.07) is 8.85. The maximum Gasteiger partial charge on any atom is 0.260 e. The first-order valence-electron chi connectivity index (χ1n) is 7.56. The van der Waals surface area contributed by atoms with Crippen molar-refractivity contribution in [3.8, 4) is 11.8 Å². The Morgan fingerprint density at radius 3 is 2.57 bits per heavy atom. The zero-order valence-corrected chi connectivity index (χ0v) is 12.5. The third kappa shape index (κ3) is 4.78.